The molecule has 0 fully saturated rings. The molecule has 2 aromatic heterocycles. The summed E-state index contributed by atoms with van der Waals surface area (Å²) >= 11 is 8.85. The Morgan fingerprint density at radius 1 is 1.40 bits per heavy atom. The average Bonchev–Trinajstić information content (AvgIpc) is 3.03. The number of rotatable bonds is 3. The first-order valence-electron chi connectivity index (χ1n) is 5.67. The zero-order chi connectivity index (χ0) is 14.1. The average molecular weight is 325 g/mol. The van der Waals surface area contributed by atoms with Gasteiger partial charge in [-0.3, -0.25) is 4.79 Å². The van der Waals surface area contributed by atoms with E-state index in [4.69, 9.17) is 16.0 Å². The van der Waals surface area contributed by atoms with Crippen LogP contribution in [0.2, 0.25) is 5.22 Å². The lowest BCUT2D eigenvalue weighted by atomic mass is 10.3. The highest BCUT2D eigenvalue weighted by atomic mass is 35.5. The number of carbonyl (C=O) groups is 1. The molecule has 0 aliphatic carbocycles. The summed E-state index contributed by atoms with van der Waals surface area (Å²) in [6.07, 6.45) is 1.99. The molecule has 102 valence electrons. The van der Waals surface area contributed by atoms with Crippen molar-refractivity contribution in [1.82, 2.24) is 4.98 Å². The summed E-state index contributed by atoms with van der Waals surface area (Å²) in [5.41, 5.74) is 1.63. The second kappa shape index (κ2) is 5.47. The Balaban J connectivity index is 1.85. The largest absolute Gasteiger partial charge is 0.440 e. The number of thioether (sulfide) groups is 1. The number of aromatic nitrogens is 1. The van der Waals surface area contributed by atoms with E-state index in [-0.39, 0.29) is 16.9 Å². The van der Waals surface area contributed by atoms with Crippen LogP contribution in [0, 0.1) is 0 Å². The minimum atomic E-state index is -0.328. The van der Waals surface area contributed by atoms with E-state index in [1.165, 1.54) is 12.1 Å². The number of fused-ring (bicyclic) bond motifs is 1. The number of carbonyl (C=O) groups excluding carboxylic acids is 1. The fraction of sp³-hybridized carbons (Fsp3) is 0.0769. The van der Waals surface area contributed by atoms with Crippen molar-refractivity contribution in [2.45, 2.75) is 4.34 Å². The Labute approximate surface area is 128 Å². The molecule has 0 radical (unpaired) electrons. The van der Waals surface area contributed by atoms with Crippen LogP contribution in [0.3, 0.4) is 0 Å². The fourth-order valence-corrected chi connectivity index (χ4v) is 3.37. The van der Waals surface area contributed by atoms with Gasteiger partial charge in [0, 0.05) is 5.69 Å². The molecule has 7 heteroatoms. The number of thiazole rings is 1. The van der Waals surface area contributed by atoms with Crippen LogP contribution >= 0.6 is 34.7 Å². The highest BCUT2D eigenvalue weighted by Crippen LogP contribution is 2.30. The number of hydrogen-bond acceptors (Lipinski definition) is 5. The molecular formula is C13H9ClN2O2S2. The summed E-state index contributed by atoms with van der Waals surface area (Å²) in [5.74, 6) is -0.143. The van der Waals surface area contributed by atoms with Crippen LogP contribution in [0.4, 0.5) is 5.69 Å². The van der Waals surface area contributed by atoms with Gasteiger partial charge in [-0.1, -0.05) is 11.8 Å². The summed E-state index contributed by atoms with van der Waals surface area (Å²) < 4.78 is 7.10. The first-order valence-corrected chi connectivity index (χ1v) is 8.09. The van der Waals surface area contributed by atoms with Gasteiger partial charge in [-0.25, -0.2) is 4.98 Å². The third-order valence-electron chi connectivity index (χ3n) is 2.60. The van der Waals surface area contributed by atoms with Crippen molar-refractivity contribution < 1.29 is 9.21 Å². The Morgan fingerprint density at radius 3 is 2.95 bits per heavy atom. The number of anilines is 1. The second-order valence-corrected chi connectivity index (χ2v) is 6.38. The molecule has 0 atom stereocenters. The summed E-state index contributed by atoms with van der Waals surface area (Å²) in [7, 11) is 0. The number of furan rings is 1. The maximum Gasteiger partial charge on any atom is 0.291 e. The molecule has 1 amide bonds. The van der Waals surface area contributed by atoms with Gasteiger partial charge in [0.2, 0.25) is 0 Å². The summed E-state index contributed by atoms with van der Waals surface area (Å²) in [6, 6.07) is 8.67. The van der Waals surface area contributed by atoms with Crippen LogP contribution in [0.1, 0.15) is 10.6 Å². The lowest BCUT2D eigenvalue weighted by Gasteiger charge is -2.02. The van der Waals surface area contributed by atoms with Gasteiger partial charge in [0.05, 0.1) is 10.2 Å². The summed E-state index contributed by atoms with van der Waals surface area (Å²) in [4.78, 5) is 16.4. The fourth-order valence-electron chi connectivity index (χ4n) is 1.70. The van der Waals surface area contributed by atoms with Gasteiger partial charge < -0.3 is 9.73 Å². The third-order valence-corrected chi connectivity index (χ3v) is 4.80. The maximum absolute atomic E-state index is 11.9. The number of benzene rings is 1. The second-order valence-electron chi connectivity index (χ2n) is 3.92. The van der Waals surface area contributed by atoms with Gasteiger partial charge in [0.1, 0.15) is 0 Å². The minimum Gasteiger partial charge on any atom is -0.440 e. The number of amides is 1. The molecule has 3 rings (SSSR count). The van der Waals surface area contributed by atoms with Crippen LogP contribution in [0.25, 0.3) is 10.2 Å². The van der Waals surface area contributed by atoms with Crippen molar-refractivity contribution in [3.63, 3.8) is 0 Å². The van der Waals surface area contributed by atoms with Crippen molar-refractivity contribution in [2.75, 3.05) is 11.6 Å². The Kier molecular flexibility index (Phi) is 3.69. The Hall–Kier alpha value is -1.50. The van der Waals surface area contributed by atoms with E-state index < -0.39 is 0 Å². The van der Waals surface area contributed by atoms with Crippen molar-refractivity contribution in [3.8, 4) is 0 Å². The molecule has 2 heterocycles. The predicted octanol–water partition coefficient (Wildman–Crippen LogP) is 4.52. The van der Waals surface area contributed by atoms with Crippen molar-refractivity contribution in [1.29, 1.82) is 0 Å². The van der Waals surface area contributed by atoms with Crippen LogP contribution in [0.5, 0.6) is 0 Å². The van der Waals surface area contributed by atoms with Gasteiger partial charge in [-0.15, -0.1) is 11.3 Å². The van der Waals surface area contributed by atoms with E-state index >= 15 is 0 Å². The molecule has 0 bridgehead atoms. The molecular weight excluding hydrogens is 316 g/mol. The van der Waals surface area contributed by atoms with E-state index in [9.17, 15) is 4.79 Å². The van der Waals surface area contributed by atoms with Gasteiger partial charge in [0.15, 0.2) is 15.3 Å². The van der Waals surface area contributed by atoms with Crippen LogP contribution in [0.15, 0.2) is 39.1 Å². The van der Waals surface area contributed by atoms with Crippen LogP contribution < -0.4 is 5.32 Å². The molecule has 0 saturated heterocycles. The molecule has 0 unspecified atom stereocenters. The molecule has 0 spiro atoms. The lowest BCUT2D eigenvalue weighted by Crippen LogP contribution is -2.10. The molecule has 1 aromatic carbocycles. The molecule has 0 aliphatic heterocycles. The molecule has 0 aliphatic rings. The first kappa shape index (κ1) is 13.5. The van der Waals surface area contributed by atoms with E-state index in [0.717, 1.165) is 14.6 Å². The monoisotopic (exact) mass is 324 g/mol. The SMILES string of the molecule is CSc1nc2ccc(NC(=O)c3ccc(Cl)o3)cc2s1. The zero-order valence-electron chi connectivity index (χ0n) is 10.3. The van der Waals surface area contributed by atoms with Crippen molar-refractivity contribution >= 4 is 56.5 Å². The summed E-state index contributed by atoms with van der Waals surface area (Å²) in [6.45, 7) is 0. The molecule has 0 saturated carbocycles. The maximum atomic E-state index is 11.9. The topological polar surface area (TPSA) is 55.1 Å². The van der Waals surface area contributed by atoms with Crippen LogP contribution in [-0.4, -0.2) is 17.1 Å². The van der Waals surface area contributed by atoms with E-state index in [1.54, 1.807) is 23.1 Å². The number of nitrogens with one attached hydrogen (secondary N) is 1. The summed E-state index contributed by atoms with van der Waals surface area (Å²) in [5, 5.41) is 2.96. The Morgan fingerprint density at radius 2 is 2.25 bits per heavy atom. The van der Waals surface area contributed by atoms with Crippen molar-refractivity contribution in [2.24, 2.45) is 0 Å². The molecule has 1 N–H and O–H groups in total. The minimum absolute atomic E-state index is 0.184. The van der Waals surface area contributed by atoms with Gasteiger partial charge in [0.25, 0.3) is 5.91 Å². The number of hydrogen-bond donors (Lipinski definition) is 1. The smallest absolute Gasteiger partial charge is 0.291 e. The number of halogens is 1. The molecule has 4 nitrogen and oxygen atoms in total. The van der Waals surface area contributed by atoms with E-state index in [2.05, 4.69) is 10.3 Å². The van der Waals surface area contributed by atoms with E-state index in [1.807, 2.05) is 24.5 Å². The van der Waals surface area contributed by atoms with Crippen molar-refractivity contribution in [3.05, 3.63) is 41.3 Å². The normalized spacial score (nSPS) is 10.9. The predicted molar refractivity (Wildman–Crippen MR) is 83.1 cm³/mol. The van der Waals surface area contributed by atoms with E-state index in [0.29, 0.717) is 5.69 Å². The third kappa shape index (κ3) is 2.67. The molecule has 3 aromatic rings. The Bertz CT molecular complexity index is 782. The zero-order valence-corrected chi connectivity index (χ0v) is 12.7. The van der Waals surface area contributed by atoms with Crippen LogP contribution in [-0.2, 0) is 0 Å². The van der Waals surface area contributed by atoms with Gasteiger partial charge in [-0.2, -0.15) is 0 Å². The molecule has 20 heavy (non-hydrogen) atoms. The highest BCUT2D eigenvalue weighted by Gasteiger charge is 2.11. The van der Waals surface area contributed by atoms with Gasteiger partial charge >= 0.3 is 0 Å². The highest BCUT2D eigenvalue weighted by molar-refractivity contribution is 8.00. The lowest BCUT2D eigenvalue weighted by molar-refractivity contribution is 0.0997. The quantitative estimate of drug-likeness (QED) is 0.720. The standard InChI is InChI=1S/C13H9ClN2O2S2/c1-19-13-16-8-3-2-7(6-10(8)20-13)15-12(17)9-4-5-11(14)18-9/h2-6H,1H3,(H,15,17). The van der Waals surface area contributed by atoms with Gasteiger partial charge in [-0.05, 0) is 48.2 Å². The number of nitrogens with zero attached hydrogens (tertiary/aromatic N) is 1. The first-order chi connectivity index (χ1) is 9.65.